The Morgan fingerprint density at radius 2 is 1.78 bits per heavy atom. The minimum Gasteiger partial charge on any atom is -0.444 e. The fraction of sp³-hybridized carbons (Fsp3) is 0.684. The molecule has 2 heterocycles. The normalized spacial score (nSPS) is 20.5. The van der Waals surface area contributed by atoms with Gasteiger partial charge in [-0.2, -0.15) is 13.2 Å². The summed E-state index contributed by atoms with van der Waals surface area (Å²) in [6, 6.07) is 1.52. The summed E-state index contributed by atoms with van der Waals surface area (Å²) in [5, 5.41) is 0. The van der Waals surface area contributed by atoms with Crippen molar-refractivity contribution in [1.29, 1.82) is 0 Å². The van der Waals surface area contributed by atoms with Crippen molar-refractivity contribution in [3.8, 4) is 0 Å². The molecule has 8 heteroatoms. The number of carbonyl (C=O) groups excluding carboxylic acids is 1. The van der Waals surface area contributed by atoms with Gasteiger partial charge < -0.3 is 9.64 Å². The van der Waals surface area contributed by atoms with Crippen LogP contribution >= 0.6 is 0 Å². The molecule has 4 nitrogen and oxygen atoms in total. The van der Waals surface area contributed by atoms with Gasteiger partial charge in [-0.25, -0.2) is 14.2 Å². The largest absolute Gasteiger partial charge is 0.444 e. The maximum absolute atomic E-state index is 14.0. The van der Waals surface area contributed by atoms with Crippen molar-refractivity contribution in [3.05, 3.63) is 29.3 Å². The Bertz CT molecular complexity index is 711. The first-order chi connectivity index (χ1) is 12.4. The predicted octanol–water partition coefficient (Wildman–Crippen LogP) is 5.13. The molecule has 0 unspecified atom stereocenters. The SMILES string of the molecule is CC(C)(C)OC(=O)N1CCC2(CC1)CC(c1nc(C(F)(F)F)ccc1F)C2. The summed E-state index contributed by atoms with van der Waals surface area (Å²) in [7, 11) is 0. The zero-order valence-electron chi connectivity index (χ0n) is 15.7. The number of hydrogen-bond donors (Lipinski definition) is 0. The lowest BCUT2D eigenvalue weighted by Crippen LogP contribution is -2.49. The quantitative estimate of drug-likeness (QED) is 0.626. The number of ether oxygens (including phenoxy) is 1. The number of halogens is 4. The molecular weight excluding hydrogens is 364 g/mol. The molecule has 0 aromatic carbocycles. The first-order valence-electron chi connectivity index (χ1n) is 9.10. The molecule has 0 radical (unpaired) electrons. The van der Waals surface area contributed by atoms with E-state index in [0.29, 0.717) is 32.0 Å². The Morgan fingerprint density at radius 1 is 1.19 bits per heavy atom. The number of likely N-dealkylation sites (tertiary alicyclic amines) is 1. The number of amides is 1. The first kappa shape index (κ1) is 19.9. The second kappa shape index (κ2) is 6.63. The zero-order chi connectivity index (χ0) is 20.0. The summed E-state index contributed by atoms with van der Waals surface area (Å²) in [4.78, 5) is 17.3. The molecule has 1 aromatic heterocycles. The number of rotatable bonds is 1. The molecule has 3 rings (SSSR count). The molecule has 1 aliphatic heterocycles. The minimum absolute atomic E-state index is 0.0501. The minimum atomic E-state index is -4.58. The van der Waals surface area contributed by atoms with E-state index in [0.717, 1.165) is 18.9 Å². The molecule has 2 aliphatic rings. The van der Waals surface area contributed by atoms with Gasteiger partial charge in [-0.15, -0.1) is 0 Å². The lowest BCUT2D eigenvalue weighted by Gasteiger charge is -2.52. The van der Waals surface area contributed by atoms with Crippen molar-refractivity contribution in [2.45, 2.75) is 64.1 Å². The highest BCUT2D eigenvalue weighted by Crippen LogP contribution is 2.56. The van der Waals surface area contributed by atoms with Crippen LogP contribution in [0.1, 0.15) is 63.8 Å². The standard InChI is InChI=1S/C19H24F4N2O2/c1-17(2,3)27-16(26)25-8-6-18(7-9-25)10-12(11-18)15-13(20)4-5-14(24-15)19(21,22)23/h4-5,12H,6-11H2,1-3H3. The number of aromatic nitrogens is 1. The Morgan fingerprint density at radius 3 is 2.30 bits per heavy atom. The van der Waals surface area contributed by atoms with Crippen molar-refractivity contribution in [3.63, 3.8) is 0 Å². The Balaban J connectivity index is 1.60. The van der Waals surface area contributed by atoms with E-state index < -0.39 is 23.3 Å². The van der Waals surface area contributed by atoms with Gasteiger partial charge in [0.05, 0.1) is 5.69 Å². The van der Waals surface area contributed by atoms with Crippen molar-refractivity contribution < 1.29 is 27.1 Å². The van der Waals surface area contributed by atoms with Crippen LogP contribution in [0.3, 0.4) is 0 Å². The predicted molar refractivity (Wildman–Crippen MR) is 90.6 cm³/mol. The van der Waals surface area contributed by atoms with Crippen LogP contribution in [0, 0.1) is 11.2 Å². The van der Waals surface area contributed by atoms with E-state index in [1.807, 2.05) is 20.8 Å². The summed E-state index contributed by atoms with van der Waals surface area (Å²) in [5.74, 6) is -0.991. The maximum Gasteiger partial charge on any atom is 0.433 e. The van der Waals surface area contributed by atoms with Gasteiger partial charge in [0, 0.05) is 19.0 Å². The van der Waals surface area contributed by atoms with E-state index in [2.05, 4.69) is 4.98 Å². The molecule has 2 fully saturated rings. The molecule has 1 spiro atoms. The lowest BCUT2D eigenvalue weighted by atomic mass is 9.56. The molecule has 0 atom stereocenters. The van der Waals surface area contributed by atoms with Gasteiger partial charge in [-0.05, 0) is 64.0 Å². The average molecular weight is 388 g/mol. The number of carbonyl (C=O) groups is 1. The molecule has 27 heavy (non-hydrogen) atoms. The third-order valence-corrected chi connectivity index (χ3v) is 5.38. The van der Waals surface area contributed by atoms with Gasteiger partial charge >= 0.3 is 12.3 Å². The fourth-order valence-electron chi connectivity index (χ4n) is 3.98. The highest BCUT2D eigenvalue weighted by atomic mass is 19.4. The van der Waals surface area contributed by atoms with E-state index in [-0.39, 0.29) is 23.1 Å². The van der Waals surface area contributed by atoms with Gasteiger partial charge in [0.25, 0.3) is 0 Å². The van der Waals surface area contributed by atoms with Crippen LogP contribution < -0.4 is 0 Å². The van der Waals surface area contributed by atoms with Crippen molar-refractivity contribution in [2.75, 3.05) is 13.1 Å². The third-order valence-electron chi connectivity index (χ3n) is 5.38. The van der Waals surface area contributed by atoms with Crippen LogP contribution in [0.15, 0.2) is 12.1 Å². The van der Waals surface area contributed by atoms with E-state index >= 15 is 0 Å². The van der Waals surface area contributed by atoms with Crippen molar-refractivity contribution >= 4 is 6.09 Å². The summed E-state index contributed by atoms with van der Waals surface area (Å²) in [6.45, 7) is 6.51. The molecule has 1 aliphatic carbocycles. The topological polar surface area (TPSA) is 42.4 Å². The zero-order valence-corrected chi connectivity index (χ0v) is 15.7. The van der Waals surface area contributed by atoms with Crippen LogP contribution in [0.5, 0.6) is 0 Å². The molecule has 150 valence electrons. The summed E-state index contributed by atoms with van der Waals surface area (Å²) >= 11 is 0. The molecule has 1 aromatic rings. The number of alkyl halides is 3. The van der Waals surface area contributed by atoms with E-state index in [1.165, 1.54) is 0 Å². The van der Waals surface area contributed by atoms with Crippen molar-refractivity contribution in [2.24, 2.45) is 5.41 Å². The van der Waals surface area contributed by atoms with E-state index in [1.54, 1.807) is 4.90 Å². The second-order valence-electron chi connectivity index (χ2n) is 8.63. The fourth-order valence-corrected chi connectivity index (χ4v) is 3.98. The second-order valence-corrected chi connectivity index (χ2v) is 8.63. The average Bonchev–Trinajstić information content (AvgIpc) is 2.50. The Kier molecular flexibility index (Phi) is 4.89. The van der Waals surface area contributed by atoms with Crippen LogP contribution in [0.25, 0.3) is 0 Å². The van der Waals surface area contributed by atoms with Gasteiger partial charge in [-0.3, -0.25) is 0 Å². The highest BCUT2D eigenvalue weighted by Gasteiger charge is 2.48. The Hall–Kier alpha value is -1.86. The summed E-state index contributed by atoms with van der Waals surface area (Å²) in [5.41, 5.74) is -1.75. The van der Waals surface area contributed by atoms with Crippen LogP contribution in [-0.2, 0) is 10.9 Å². The molecule has 0 bridgehead atoms. The number of pyridine rings is 1. The van der Waals surface area contributed by atoms with Gasteiger partial charge in [0.2, 0.25) is 0 Å². The number of hydrogen-bond acceptors (Lipinski definition) is 3. The van der Waals surface area contributed by atoms with Crippen LogP contribution in [0.2, 0.25) is 0 Å². The van der Waals surface area contributed by atoms with Gasteiger partial charge in [0.15, 0.2) is 0 Å². The third kappa shape index (κ3) is 4.35. The van der Waals surface area contributed by atoms with Crippen LogP contribution in [0.4, 0.5) is 22.4 Å². The summed E-state index contributed by atoms with van der Waals surface area (Å²) < 4.78 is 57.9. The van der Waals surface area contributed by atoms with Crippen LogP contribution in [-0.4, -0.2) is 34.7 Å². The monoisotopic (exact) mass is 388 g/mol. The van der Waals surface area contributed by atoms with Gasteiger partial charge in [-0.1, -0.05) is 0 Å². The Labute approximate surface area is 155 Å². The smallest absolute Gasteiger partial charge is 0.433 e. The number of piperidine rings is 1. The lowest BCUT2D eigenvalue weighted by molar-refractivity contribution is -0.141. The van der Waals surface area contributed by atoms with E-state index in [4.69, 9.17) is 4.74 Å². The van der Waals surface area contributed by atoms with Gasteiger partial charge in [0.1, 0.15) is 17.1 Å². The molecule has 1 saturated heterocycles. The van der Waals surface area contributed by atoms with Crippen molar-refractivity contribution in [1.82, 2.24) is 9.88 Å². The molecule has 0 N–H and O–H groups in total. The highest BCUT2D eigenvalue weighted by molar-refractivity contribution is 5.68. The summed E-state index contributed by atoms with van der Waals surface area (Å²) in [6.07, 6.45) is -2.26. The maximum atomic E-state index is 14.0. The first-order valence-corrected chi connectivity index (χ1v) is 9.10. The number of nitrogens with zero attached hydrogens (tertiary/aromatic N) is 2. The van der Waals surface area contributed by atoms with E-state index in [9.17, 15) is 22.4 Å². The molecular formula is C19H24F4N2O2. The molecule has 1 amide bonds. The molecule has 1 saturated carbocycles.